The van der Waals surface area contributed by atoms with Crippen LogP contribution in [0.5, 0.6) is 0 Å². The largest absolute Gasteiger partial charge is 0.345 e. The van der Waals surface area contributed by atoms with E-state index in [1.165, 1.54) is 0 Å². The lowest BCUT2D eigenvalue weighted by Gasteiger charge is -2.18. The number of rotatable bonds is 7. The van der Waals surface area contributed by atoms with Gasteiger partial charge in [0.05, 0.1) is 42.5 Å². The van der Waals surface area contributed by atoms with Crippen LogP contribution in [-0.4, -0.2) is 85.5 Å². The number of hydrogen-bond donors (Lipinski definition) is 2. The maximum Gasteiger partial charge on any atom is 0.243 e. The fraction of sp³-hybridized carbons (Fsp3) is 0.542. The number of hydrogen-bond acceptors (Lipinski definition) is 8. The molecule has 11 nitrogen and oxygen atoms in total. The monoisotopic (exact) mass is 496 g/mol. The number of amides is 1. The molecular weight excluding hydrogens is 463 g/mol. The predicted octanol–water partition coefficient (Wildman–Crippen LogP) is 2.36. The summed E-state index contributed by atoms with van der Waals surface area (Å²) in [6, 6.07) is -0.201. The fourth-order valence-electron chi connectivity index (χ4n) is 4.97. The van der Waals surface area contributed by atoms with Crippen LogP contribution in [-0.2, 0) is 4.79 Å². The zero-order chi connectivity index (χ0) is 25.6. The van der Waals surface area contributed by atoms with Crippen molar-refractivity contribution in [1.82, 2.24) is 39.5 Å². The van der Waals surface area contributed by atoms with Crippen LogP contribution in [0.25, 0.3) is 11.2 Å². The summed E-state index contributed by atoms with van der Waals surface area (Å²) in [7, 11) is 2.12. The maximum absolute atomic E-state index is 14.8. The van der Waals surface area contributed by atoms with Gasteiger partial charge >= 0.3 is 0 Å². The number of aromatic nitrogens is 6. The van der Waals surface area contributed by atoms with Gasteiger partial charge in [-0.15, -0.1) is 0 Å². The number of nitrogens with one attached hydrogen (secondary N) is 2. The van der Waals surface area contributed by atoms with Crippen molar-refractivity contribution in [2.24, 2.45) is 0 Å². The van der Waals surface area contributed by atoms with Gasteiger partial charge in [-0.05, 0) is 46.9 Å². The molecule has 0 saturated carbocycles. The summed E-state index contributed by atoms with van der Waals surface area (Å²) in [4.78, 5) is 29.9. The molecule has 0 bridgehead atoms. The fourth-order valence-corrected chi connectivity index (χ4v) is 4.97. The Morgan fingerprint density at radius 2 is 2.08 bits per heavy atom. The standard InChI is InChI=1S/C24H33FN10O/c1-6-20(36)28-19-12-33(11-17(19)25)24-30-22(21-23(31-24)34(13-26-21)14(2)3)29-18-9-27-35(15(18)4)16-7-8-32(5)10-16/h6,9,13-14,16-17,19H,1,7-8,10-12H2,2-5H3,(H,28,36)(H,29,30,31). The SMILES string of the molecule is C=CC(=O)NC1CN(c2nc(Nc3cnn(C4CCN(C)C4)c3C)c3ncn(C(C)C)c3n2)CC1F. The summed E-state index contributed by atoms with van der Waals surface area (Å²) in [5, 5.41) is 10.7. The smallest absolute Gasteiger partial charge is 0.243 e. The van der Waals surface area contributed by atoms with Crippen molar-refractivity contribution < 1.29 is 9.18 Å². The third-order valence-corrected chi connectivity index (χ3v) is 7.02. The van der Waals surface area contributed by atoms with E-state index in [0.717, 1.165) is 37.0 Å². The number of imidazole rings is 1. The quantitative estimate of drug-likeness (QED) is 0.480. The molecule has 3 aromatic heterocycles. The van der Waals surface area contributed by atoms with Crippen molar-refractivity contribution in [2.75, 3.05) is 43.4 Å². The second-order valence-electron chi connectivity index (χ2n) is 9.95. The van der Waals surface area contributed by atoms with E-state index < -0.39 is 18.1 Å². The van der Waals surface area contributed by atoms with Crippen molar-refractivity contribution in [3.8, 4) is 0 Å². The van der Waals surface area contributed by atoms with Gasteiger partial charge in [0.15, 0.2) is 17.0 Å². The van der Waals surface area contributed by atoms with Crippen molar-refractivity contribution in [3.63, 3.8) is 0 Å². The second kappa shape index (κ2) is 9.49. The summed E-state index contributed by atoms with van der Waals surface area (Å²) in [5.41, 5.74) is 3.15. The highest BCUT2D eigenvalue weighted by molar-refractivity contribution is 5.88. The summed E-state index contributed by atoms with van der Waals surface area (Å²) < 4.78 is 18.8. The minimum atomic E-state index is -1.25. The molecule has 192 valence electrons. The van der Waals surface area contributed by atoms with Crippen LogP contribution >= 0.6 is 0 Å². The van der Waals surface area contributed by atoms with Crippen LogP contribution < -0.4 is 15.5 Å². The molecule has 3 atom stereocenters. The average Bonchev–Trinajstić information content (AvgIpc) is 3.62. The van der Waals surface area contributed by atoms with E-state index in [2.05, 4.69) is 57.8 Å². The van der Waals surface area contributed by atoms with Gasteiger partial charge in [-0.2, -0.15) is 15.1 Å². The first-order valence-electron chi connectivity index (χ1n) is 12.3. The lowest BCUT2D eigenvalue weighted by Crippen LogP contribution is -2.40. The molecule has 1 amide bonds. The Morgan fingerprint density at radius 3 is 2.78 bits per heavy atom. The van der Waals surface area contributed by atoms with Gasteiger partial charge in [0.25, 0.3) is 0 Å². The highest BCUT2D eigenvalue weighted by atomic mass is 19.1. The Labute approximate surface area is 209 Å². The Morgan fingerprint density at radius 1 is 1.28 bits per heavy atom. The van der Waals surface area contributed by atoms with Gasteiger partial charge in [-0.3, -0.25) is 9.48 Å². The van der Waals surface area contributed by atoms with E-state index >= 15 is 0 Å². The molecule has 3 unspecified atom stereocenters. The van der Waals surface area contributed by atoms with Crippen LogP contribution in [0.15, 0.2) is 25.2 Å². The van der Waals surface area contributed by atoms with Crippen LogP contribution in [0.3, 0.4) is 0 Å². The highest BCUT2D eigenvalue weighted by Crippen LogP contribution is 2.31. The number of nitrogens with zero attached hydrogens (tertiary/aromatic N) is 8. The zero-order valence-corrected chi connectivity index (χ0v) is 21.1. The molecule has 12 heteroatoms. The number of likely N-dealkylation sites (tertiary alicyclic amines) is 1. The predicted molar refractivity (Wildman–Crippen MR) is 136 cm³/mol. The number of carbonyl (C=O) groups is 1. The first kappa shape index (κ1) is 24.2. The number of halogens is 1. The summed E-state index contributed by atoms with van der Waals surface area (Å²) in [6.45, 7) is 11.9. The summed E-state index contributed by atoms with van der Waals surface area (Å²) in [5.74, 6) is 0.518. The molecule has 3 aromatic rings. The number of fused-ring (bicyclic) bond motifs is 1. The minimum Gasteiger partial charge on any atom is -0.345 e. The van der Waals surface area contributed by atoms with Gasteiger partial charge in [-0.25, -0.2) is 9.37 Å². The van der Waals surface area contributed by atoms with E-state index in [1.807, 2.05) is 17.7 Å². The third-order valence-electron chi connectivity index (χ3n) is 7.02. The van der Waals surface area contributed by atoms with Gasteiger partial charge < -0.3 is 25.0 Å². The molecule has 36 heavy (non-hydrogen) atoms. The Kier molecular flexibility index (Phi) is 6.37. The van der Waals surface area contributed by atoms with Crippen molar-refractivity contribution in [3.05, 3.63) is 30.9 Å². The molecule has 5 heterocycles. The average molecular weight is 497 g/mol. The highest BCUT2D eigenvalue weighted by Gasteiger charge is 2.35. The molecule has 2 saturated heterocycles. The van der Waals surface area contributed by atoms with Crippen LogP contribution in [0.1, 0.15) is 38.0 Å². The van der Waals surface area contributed by atoms with E-state index in [4.69, 9.17) is 9.97 Å². The van der Waals surface area contributed by atoms with Crippen LogP contribution in [0, 0.1) is 6.92 Å². The molecule has 2 N–H and O–H groups in total. The molecule has 0 spiro atoms. The lowest BCUT2D eigenvalue weighted by molar-refractivity contribution is -0.117. The lowest BCUT2D eigenvalue weighted by atomic mass is 10.2. The molecule has 0 radical (unpaired) electrons. The van der Waals surface area contributed by atoms with Crippen LogP contribution in [0.4, 0.5) is 21.8 Å². The summed E-state index contributed by atoms with van der Waals surface area (Å²) >= 11 is 0. The number of anilines is 3. The summed E-state index contributed by atoms with van der Waals surface area (Å²) in [6.07, 6.45) is 4.52. The number of alkyl halides is 1. The first-order chi connectivity index (χ1) is 17.2. The van der Waals surface area contributed by atoms with E-state index in [-0.39, 0.29) is 19.1 Å². The maximum atomic E-state index is 14.8. The second-order valence-corrected chi connectivity index (χ2v) is 9.95. The number of carbonyl (C=O) groups excluding carboxylic acids is 1. The van der Waals surface area contributed by atoms with Gasteiger partial charge in [0.1, 0.15) is 6.17 Å². The van der Waals surface area contributed by atoms with Gasteiger partial charge in [-0.1, -0.05) is 6.58 Å². The van der Waals surface area contributed by atoms with Crippen molar-refractivity contribution in [1.29, 1.82) is 0 Å². The Bertz CT molecular complexity index is 1280. The molecule has 0 aliphatic carbocycles. The Balaban J connectivity index is 1.48. The molecule has 0 aromatic carbocycles. The molecule has 2 fully saturated rings. The van der Waals surface area contributed by atoms with Crippen molar-refractivity contribution in [2.45, 2.75) is 51.5 Å². The van der Waals surface area contributed by atoms with E-state index in [9.17, 15) is 9.18 Å². The topological polar surface area (TPSA) is 109 Å². The van der Waals surface area contributed by atoms with Gasteiger partial charge in [0.2, 0.25) is 11.9 Å². The normalized spacial score (nSPS) is 22.6. The zero-order valence-electron chi connectivity index (χ0n) is 21.1. The molecule has 5 rings (SSSR count). The third kappa shape index (κ3) is 4.41. The number of likely N-dealkylation sites (N-methyl/N-ethyl adjacent to an activating group) is 1. The Hall–Kier alpha value is -3.54. The van der Waals surface area contributed by atoms with E-state index in [0.29, 0.717) is 29.0 Å². The van der Waals surface area contributed by atoms with Crippen LogP contribution in [0.2, 0.25) is 0 Å². The first-order valence-corrected chi connectivity index (χ1v) is 12.3. The molecule has 2 aliphatic heterocycles. The van der Waals surface area contributed by atoms with Crippen molar-refractivity contribution >= 4 is 34.5 Å². The molecular formula is C24H33FN10O. The minimum absolute atomic E-state index is 0.0784. The molecule has 2 aliphatic rings. The van der Waals surface area contributed by atoms with E-state index in [1.54, 1.807) is 11.2 Å². The van der Waals surface area contributed by atoms with Gasteiger partial charge in [0, 0.05) is 19.1 Å².